The minimum Gasteiger partial charge on any atom is -0.462 e. The van der Waals surface area contributed by atoms with Crippen LogP contribution in [0.4, 0.5) is 0 Å². The molecule has 0 amide bonds. The molecule has 298 valence electrons. The van der Waals surface area contributed by atoms with E-state index in [1.54, 1.807) is 0 Å². The van der Waals surface area contributed by atoms with Crippen LogP contribution in [0.25, 0.3) is 0 Å². The van der Waals surface area contributed by atoms with Gasteiger partial charge in [-0.2, -0.15) is 0 Å². The summed E-state index contributed by atoms with van der Waals surface area (Å²) >= 11 is 0. The highest BCUT2D eigenvalue weighted by Crippen LogP contribution is 2.42. The molecule has 0 bridgehead atoms. The van der Waals surface area contributed by atoms with Crippen LogP contribution in [0.15, 0.2) is 36.5 Å². The van der Waals surface area contributed by atoms with Gasteiger partial charge in [0.15, 0.2) is 6.10 Å². The number of allylic oxidation sites excluding steroid dienone is 6. The molecule has 0 fully saturated rings. The number of hydrogen-bond donors (Lipinski definition) is 1. The Kier molecular flexibility index (Phi) is 36.7. The highest BCUT2D eigenvalue weighted by molar-refractivity contribution is 7.47. The maximum Gasteiger partial charge on any atom is 0.472 e. The van der Waals surface area contributed by atoms with E-state index in [0.29, 0.717) is 6.42 Å². The second-order valence-corrected chi connectivity index (χ2v) is 15.3. The van der Waals surface area contributed by atoms with Gasteiger partial charge in [-0.05, 0) is 70.6 Å². The van der Waals surface area contributed by atoms with Crippen molar-refractivity contribution >= 4 is 19.8 Å². The van der Waals surface area contributed by atoms with E-state index in [-0.39, 0.29) is 25.4 Å². The summed E-state index contributed by atoms with van der Waals surface area (Å²) in [6, 6.07) is 0. The molecule has 9 heteroatoms. The molecule has 51 heavy (non-hydrogen) atoms. The monoisotopic (exact) mass is 741 g/mol. The molecule has 2 atom stereocenters. The Bertz CT molecular complexity index is 932. The van der Waals surface area contributed by atoms with Gasteiger partial charge in [-0.15, -0.1) is 0 Å². The van der Waals surface area contributed by atoms with Gasteiger partial charge in [-0.1, -0.05) is 147 Å². The first-order valence-electron chi connectivity index (χ1n) is 20.7. The maximum absolute atomic E-state index is 12.5. The van der Waals surface area contributed by atoms with E-state index < -0.39 is 26.5 Å². The third-order valence-corrected chi connectivity index (χ3v) is 9.79. The molecule has 1 N–H and O–H groups in total. The van der Waals surface area contributed by atoms with Crippen molar-refractivity contribution < 1.29 is 37.6 Å². The van der Waals surface area contributed by atoms with Gasteiger partial charge < -0.3 is 14.4 Å². The molecule has 0 spiro atoms. The number of unbranched alkanes of at least 4 members (excludes halogenated alkanes) is 21. The molecule has 0 aliphatic heterocycles. The van der Waals surface area contributed by atoms with E-state index in [1.165, 1.54) is 96.3 Å². The molecule has 0 radical (unpaired) electrons. The Morgan fingerprint density at radius 1 is 0.549 bits per heavy atom. The van der Waals surface area contributed by atoms with Crippen LogP contribution < -0.4 is 0 Å². The number of phosphoric acid groups is 1. The Labute approximate surface area is 313 Å². The van der Waals surface area contributed by atoms with E-state index in [9.17, 15) is 19.0 Å². The second-order valence-electron chi connectivity index (χ2n) is 13.8. The van der Waals surface area contributed by atoms with Gasteiger partial charge in [-0.3, -0.25) is 18.6 Å². The zero-order valence-corrected chi connectivity index (χ0v) is 33.9. The highest BCUT2D eigenvalue weighted by Gasteiger charge is 2.24. The van der Waals surface area contributed by atoms with Crippen molar-refractivity contribution in [2.75, 3.05) is 20.3 Å². The largest absolute Gasteiger partial charge is 0.472 e. The molecule has 2 unspecified atom stereocenters. The maximum atomic E-state index is 12.5. The normalized spacial score (nSPS) is 13.7. The third-order valence-electron chi connectivity index (χ3n) is 8.86. The summed E-state index contributed by atoms with van der Waals surface area (Å²) in [4.78, 5) is 34.4. The smallest absolute Gasteiger partial charge is 0.462 e. The van der Waals surface area contributed by atoms with E-state index in [4.69, 9.17) is 14.0 Å². The molecule has 0 rings (SSSR count). The average Bonchev–Trinajstić information content (AvgIpc) is 3.12. The van der Waals surface area contributed by atoms with Crippen molar-refractivity contribution in [3.8, 4) is 0 Å². The van der Waals surface area contributed by atoms with Gasteiger partial charge in [0.05, 0.1) is 6.61 Å². The van der Waals surface area contributed by atoms with E-state index >= 15 is 0 Å². The van der Waals surface area contributed by atoms with Gasteiger partial charge in [-0.25, -0.2) is 4.57 Å². The quantitative estimate of drug-likeness (QED) is 0.0288. The molecule has 0 saturated heterocycles. The number of carbonyl (C=O) groups excluding carboxylic acids is 2. The van der Waals surface area contributed by atoms with E-state index in [1.807, 2.05) is 0 Å². The standard InChI is InChI=1S/C42H77O8P/c1-4-6-8-10-12-14-16-18-19-20-21-22-23-25-27-29-31-33-35-37-42(44)50-40(39-49-51(45,46)47-3)38-48-41(43)36-34-32-30-28-26-24-17-15-13-11-9-7-5-2/h12,14-15,17-19,40H,4-11,13,16,20-39H2,1-3H3,(H,45,46)/b14-12-,17-15-,19-18-. The molecule has 0 heterocycles. The SMILES string of the molecule is CCCCC/C=C\C/C=C\CCCCCCCCCCCC(=O)OC(COC(=O)CCCCCCC/C=C\CCCCCC)COP(=O)(O)OC. The summed E-state index contributed by atoms with van der Waals surface area (Å²) in [6.45, 7) is 3.84. The van der Waals surface area contributed by atoms with Gasteiger partial charge >= 0.3 is 19.8 Å². The predicted molar refractivity (Wildman–Crippen MR) is 212 cm³/mol. The Morgan fingerprint density at radius 3 is 1.43 bits per heavy atom. The fourth-order valence-corrected chi connectivity index (χ4v) is 6.08. The number of carbonyl (C=O) groups is 2. The molecule has 0 aliphatic carbocycles. The zero-order chi connectivity index (χ0) is 37.5. The highest BCUT2D eigenvalue weighted by atomic mass is 31.2. The molecular formula is C42H77O8P. The lowest BCUT2D eigenvalue weighted by Crippen LogP contribution is -2.29. The van der Waals surface area contributed by atoms with Gasteiger partial charge in [0.25, 0.3) is 0 Å². The first-order chi connectivity index (χ1) is 24.8. The zero-order valence-electron chi connectivity index (χ0n) is 33.0. The van der Waals surface area contributed by atoms with Crippen LogP contribution in [0.5, 0.6) is 0 Å². The Balaban J connectivity index is 4.01. The molecular weight excluding hydrogens is 663 g/mol. The van der Waals surface area contributed by atoms with Crippen molar-refractivity contribution in [2.45, 2.75) is 200 Å². The van der Waals surface area contributed by atoms with Crippen molar-refractivity contribution in [2.24, 2.45) is 0 Å². The number of hydrogen-bond acceptors (Lipinski definition) is 7. The average molecular weight is 741 g/mol. The molecule has 0 aliphatic rings. The summed E-state index contributed by atoms with van der Waals surface area (Å²) in [5, 5.41) is 0. The summed E-state index contributed by atoms with van der Waals surface area (Å²) in [5.41, 5.74) is 0. The van der Waals surface area contributed by atoms with E-state index in [0.717, 1.165) is 71.3 Å². The summed E-state index contributed by atoms with van der Waals surface area (Å²) in [6.07, 6.45) is 43.3. The molecule has 0 aromatic rings. The van der Waals surface area contributed by atoms with Crippen LogP contribution in [0, 0.1) is 0 Å². The van der Waals surface area contributed by atoms with Gasteiger partial charge in [0.1, 0.15) is 6.61 Å². The minimum absolute atomic E-state index is 0.230. The molecule has 8 nitrogen and oxygen atoms in total. The minimum atomic E-state index is -4.26. The lowest BCUT2D eigenvalue weighted by Gasteiger charge is -2.19. The number of esters is 2. The predicted octanol–water partition coefficient (Wildman–Crippen LogP) is 12.8. The van der Waals surface area contributed by atoms with Gasteiger partial charge in [0.2, 0.25) is 0 Å². The molecule has 0 aromatic heterocycles. The van der Waals surface area contributed by atoms with Crippen molar-refractivity contribution in [3.05, 3.63) is 36.5 Å². The lowest BCUT2D eigenvalue weighted by molar-refractivity contribution is -0.161. The lowest BCUT2D eigenvalue weighted by atomic mass is 10.1. The van der Waals surface area contributed by atoms with Crippen molar-refractivity contribution in [1.82, 2.24) is 0 Å². The van der Waals surface area contributed by atoms with E-state index in [2.05, 4.69) is 54.8 Å². The first-order valence-corrected chi connectivity index (χ1v) is 22.2. The summed E-state index contributed by atoms with van der Waals surface area (Å²) in [5.74, 6) is -0.817. The van der Waals surface area contributed by atoms with Crippen molar-refractivity contribution in [3.63, 3.8) is 0 Å². The Morgan fingerprint density at radius 2 is 0.941 bits per heavy atom. The fraction of sp³-hybridized carbons (Fsp3) is 0.810. The van der Waals surface area contributed by atoms with Crippen LogP contribution in [0.1, 0.15) is 194 Å². The van der Waals surface area contributed by atoms with Crippen LogP contribution in [-0.4, -0.2) is 43.3 Å². The number of rotatable bonds is 38. The van der Waals surface area contributed by atoms with Crippen LogP contribution in [0.3, 0.4) is 0 Å². The molecule has 0 aromatic carbocycles. The third kappa shape index (κ3) is 37.8. The first kappa shape index (κ1) is 49.3. The van der Waals surface area contributed by atoms with Crippen LogP contribution in [0.2, 0.25) is 0 Å². The number of phosphoric ester groups is 1. The molecule has 0 saturated carbocycles. The summed E-state index contributed by atoms with van der Waals surface area (Å²) in [7, 11) is -3.20. The fourth-order valence-electron chi connectivity index (χ4n) is 5.62. The number of ether oxygens (including phenoxy) is 2. The summed E-state index contributed by atoms with van der Waals surface area (Å²) < 4.78 is 31.9. The van der Waals surface area contributed by atoms with Crippen molar-refractivity contribution in [1.29, 1.82) is 0 Å². The Hall–Kier alpha value is -1.73. The second kappa shape index (κ2) is 38.0. The topological polar surface area (TPSA) is 108 Å². The van der Waals surface area contributed by atoms with Gasteiger partial charge in [0, 0.05) is 20.0 Å². The van der Waals surface area contributed by atoms with Crippen LogP contribution in [-0.2, 0) is 32.7 Å². The van der Waals surface area contributed by atoms with Crippen LogP contribution >= 0.6 is 7.82 Å².